The zero-order valence-corrected chi connectivity index (χ0v) is 19.3. The van der Waals surface area contributed by atoms with E-state index >= 15 is 0 Å². The van der Waals surface area contributed by atoms with Crippen molar-refractivity contribution in [2.45, 2.75) is 30.0 Å². The third-order valence-electron chi connectivity index (χ3n) is 6.80. The van der Waals surface area contributed by atoms with E-state index in [0.29, 0.717) is 13.1 Å². The lowest BCUT2D eigenvalue weighted by molar-refractivity contribution is -0.137. The number of piperazine rings is 1. The zero-order chi connectivity index (χ0) is 23.9. The quantitative estimate of drug-likeness (QED) is 0.529. The molecule has 0 aromatic heterocycles. The molecule has 3 aromatic rings. The van der Waals surface area contributed by atoms with Crippen molar-refractivity contribution in [3.05, 3.63) is 101 Å². The molecule has 0 saturated carbocycles. The molecule has 0 spiro atoms. The molecule has 0 N–H and O–H groups in total. The maximum absolute atomic E-state index is 13.1. The van der Waals surface area contributed by atoms with Crippen LogP contribution in [0.5, 0.6) is 0 Å². The third kappa shape index (κ3) is 4.26. The van der Waals surface area contributed by atoms with Gasteiger partial charge in [-0.25, -0.2) is 8.42 Å². The van der Waals surface area contributed by atoms with Crippen LogP contribution in [0.4, 0.5) is 13.2 Å². The molecular formula is C26H25F3N2O2S. The van der Waals surface area contributed by atoms with Crippen molar-refractivity contribution in [1.82, 2.24) is 9.21 Å². The molecule has 1 heterocycles. The molecule has 0 unspecified atom stereocenters. The first-order chi connectivity index (χ1) is 16.2. The van der Waals surface area contributed by atoms with E-state index in [1.54, 1.807) is 0 Å². The second-order valence-corrected chi connectivity index (χ2v) is 10.7. The Kier molecular flexibility index (Phi) is 6.00. The summed E-state index contributed by atoms with van der Waals surface area (Å²) >= 11 is 0. The highest BCUT2D eigenvalue weighted by Crippen LogP contribution is 2.38. The average Bonchev–Trinajstić information content (AvgIpc) is 3.01. The number of halogens is 3. The van der Waals surface area contributed by atoms with Gasteiger partial charge in [-0.15, -0.1) is 0 Å². The molecule has 3 aromatic carbocycles. The van der Waals surface area contributed by atoms with Crippen molar-refractivity contribution in [3.63, 3.8) is 0 Å². The van der Waals surface area contributed by atoms with Crippen LogP contribution in [0.15, 0.2) is 77.7 Å². The van der Waals surface area contributed by atoms with Crippen molar-refractivity contribution in [1.29, 1.82) is 0 Å². The summed E-state index contributed by atoms with van der Waals surface area (Å²) in [7, 11) is -4.02. The minimum absolute atomic E-state index is 0.0216. The summed E-state index contributed by atoms with van der Waals surface area (Å²) in [6.45, 7) is 1.43. The van der Waals surface area contributed by atoms with Crippen LogP contribution in [0.25, 0.3) is 0 Å². The summed E-state index contributed by atoms with van der Waals surface area (Å²) in [4.78, 5) is 1.97. The first-order valence-corrected chi connectivity index (χ1v) is 12.8. The number of nitrogens with zero attached hydrogens (tertiary/aromatic N) is 2. The molecule has 1 saturated heterocycles. The van der Waals surface area contributed by atoms with Crippen LogP contribution in [-0.4, -0.2) is 43.8 Å². The van der Waals surface area contributed by atoms with E-state index in [2.05, 4.69) is 29.2 Å². The molecule has 1 aliphatic heterocycles. The van der Waals surface area contributed by atoms with Gasteiger partial charge >= 0.3 is 6.18 Å². The van der Waals surface area contributed by atoms with Gasteiger partial charge in [-0.2, -0.15) is 17.5 Å². The van der Waals surface area contributed by atoms with Crippen LogP contribution in [0.2, 0.25) is 0 Å². The van der Waals surface area contributed by atoms with E-state index in [0.717, 1.165) is 31.0 Å². The van der Waals surface area contributed by atoms with Gasteiger partial charge < -0.3 is 0 Å². The van der Waals surface area contributed by atoms with Crippen LogP contribution in [0.3, 0.4) is 0 Å². The van der Waals surface area contributed by atoms with Crippen LogP contribution in [-0.2, 0) is 29.0 Å². The predicted octanol–water partition coefficient (Wildman–Crippen LogP) is 4.90. The van der Waals surface area contributed by atoms with Gasteiger partial charge in [0.2, 0.25) is 10.0 Å². The van der Waals surface area contributed by atoms with E-state index in [4.69, 9.17) is 0 Å². The monoisotopic (exact) mass is 486 g/mol. The molecule has 0 radical (unpaired) electrons. The van der Waals surface area contributed by atoms with Gasteiger partial charge in [0, 0.05) is 26.2 Å². The van der Waals surface area contributed by atoms with Gasteiger partial charge in [0.05, 0.1) is 16.5 Å². The smallest absolute Gasteiger partial charge is 0.290 e. The lowest BCUT2D eigenvalue weighted by Crippen LogP contribution is -2.49. The number of benzene rings is 3. The van der Waals surface area contributed by atoms with Gasteiger partial charge in [-0.05, 0) is 53.3 Å². The van der Waals surface area contributed by atoms with Gasteiger partial charge in [0.15, 0.2) is 0 Å². The lowest BCUT2D eigenvalue weighted by Gasteiger charge is -2.39. The first-order valence-electron chi connectivity index (χ1n) is 11.3. The summed E-state index contributed by atoms with van der Waals surface area (Å²) in [5, 5.41) is 0. The minimum Gasteiger partial charge on any atom is -0.290 e. The van der Waals surface area contributed by atoms with Crippen molar-refractivity contribution in [2.24, 2.45) is 0 Å². The number of rotatable bonds is 3. The Hall–Kier alpha value is -2.68. The summed E-state index contributed by atoms with van der Waals surface area (Å²) in [6, 6.07) is 20.8. The third-order valence-corrected chi connectivity index (χ3v) is 8.70. The van der Waals surface area contributed by atoms with Crippen molar-refractivity contribution in [2.75, 3.05) is 26.2 Å². The van der Waals surface area contributed by atoms with Crippen molar-refractivity contribution >= 4 is 10.0 Å². The topological polar surface area (TPSA) is 40.6 Å². The summed E-state index contributed by atoms with van der Waals surface area (Å²) in [6.07, 6.45) is -2.69. The van der Waals surface area contributed by atoms with E-state index < -0.39 is 21.8 Å². The molecule has 0 amide bonds. The highest BCUT2D eigenvalue weighted by atomic mass is 32.2. The molecule has 4 nitrogen and oxygen atoms in total. The van der Waals surface area contributed by atoms with E-state index in [-0.39, 0.29) is 24.0 Å². The Bertz CT molecular complexity index is 1250. The number of alkyl halides is 3. The second kappa shape index (κ2) is 8.83. The van der Waals surface area contributed by atoms with Crippen LogP contribution in [0, 0.1) is 0 Å². The predicted molar refractivity (Wildman–Crippen MR) is 124 cm³/mol. The van der Waals surface area contributed by atoms with Gasteiger partial charge in [-0.3, -0.25) is 4.90 Å². The Labute approximate surface area is 197 Å². The summed E-state index contributed by atoms with van der Waals surface area (Å²) in [5.41, 5.74) is 4.10. The maximum atomic E-state index is 13.1. The molecule has 2 aliphatic rings. The molecule has 1 fully saturated rings. The van der Waals surface area contributed by atoms with Crippen molar-refractivity contribution < 1.29 is 21.6 Å². The minimum atomic E-state index is -4.59. The first kappa shape index (κ1) is 23.1. The van der Waals surface area contributed by atoms with Gasteiger partial charge in [-0.1, -0.05) is 54.6 Å². The Balaban J connectivity index is 1.41. The van der Waals surface area contributed by atoms with Crippen molar-refractivity contribution in [3.8, 4) is 0 Å². The average molecular weight is 487 g/mol. The Morgan fingerprint density at radius 1 is 0.735 bits per heavy atom. The number of hydrogen-bond donors (Lipinski definition) is 0. The number of sulfonamides is 1. The fraction of sp³-hybridized carbons (Fsp3) is 0.308. The van der Waals surface area contributed by atoms with E-state index in [9.17, 15) is 21.6 Å². The molecule has 178 valence electrons. The highest BCUT2D eigenvalue weighted by molar-refractivity contribution is 7.89. The standard InChI is InChI=1S/C26H25F3N2O2S/c27-26(28,29)21-8-5-9-22(18-21)34(32,33)31-16-14-30(15-17-31)25-23-10-3-1-6-19(23)12-13-20-7-2-4-11-24(20)25/h1-11,18,25H,12-17H2. The fourth-order valence-electron chi connectivity index (χ4n) is 5.07. The molecule has 8 heteroatoms. The van der Waals surface area contributed by atoms with E-state index in [1.807, 2.05) is 24.3 Å². The summed E-state index contributed by atoms with van der Waals surface area (Å²) < 4.78 is 66.9. The molecule has 34 heavy (non-hydrogen) atoms. The normalized spacial score (nSPS) is 18.2. The second-order valence-electron chi connectivity index (χ2n) is 8.77. The van der Waals surface area contributed by atoms with Gasteiger partial charge in [0.25, 0.3) is 0 Å². The largest absolute Gasteiger partial charge is 0.416 e. The molecule has 0 bridgehead atoms. The zero-order valence-electron chi connectivity index (χ0n) is 18.5. The fourth-order valence-corrected chi connectivity index (χ4v) is 6.54. The van der Waals surface area contributed by atoms with E-state index in [1.165, 1.54) is 32.6 Å². The Morgan fingerprint density at radius 3 is 1.85 bits per heavy atom. The van der Waals surface area contributed by atoms with Gasteiger partial charge in [0.1, 0.15) is 0 Å². The molecule has 1 aliphatic carbocycles. The number of fused-ring (bicyclic) bond motifs is 2. The molecule has 5 rings (SSSR count). The lowest BCUT2D eigenvalue weighted by atomic mass is 9.93. The Morgan fingerprint density at radius 2 is 1.29 bits per heavy atom. The SMILES string of the molecule is O=S(=O)(c1cccc(C(F)(F)F)c1)N1CCN(C2c3ccccc3CCc3ccccc32)CC1. The number of aryl methyl sites for hydroxylation is 2. The van der Waals surface area contributed by atoms with Crippen LogP contribution in [0.1, 0.15) is 33.9 Å². The number of hydrogen-bond acceptors (Lipinski definition) is 3. The molecular weight excluding hydrogens is 461 g/mol. The van der Waals surface area contributed by atoms with Crippen LogP contribution >= 0.6 is 0 Å². The highest BCUT2D eigenvalue weighted by Gasteiger charge is 2.36. The molecule has 0 atom stereocenters. The van der Waals surface area contributed by atoms with Crippen LogP contribution < -0.4 is 0 Å². The summed E-state index contributed by atoms with van der Waals surface area (Å²) in [5.74, 6) is 0. The maximum Gasteiger partial charge on any atom is 0.416 e.